The summed E-state index contributed by atoms with van der Waals surface area (Å²) in [6.45, 7) is 6.12. The van der Waals surface area contributed by atoms with E-state index in [1.54, 1.807) is 16.3 Å². The van der Waals surface area contributed by atoms with Gasteiger partial charge in [0.2, 0.25) is 5.60 Å². The second-order valence-electron chi connectivity index (χ2n) is 15.4. The maximum Gasteiger partial charge on any atom is 0.418 e. The minimum absolute atomic E-state index is 0.130. The van der Waals surface area contributed by atoms with Crippen molar-refractivity contribution in [1.82, 2.24) is 14.8 Å². The first kappa shape index (κ1) is 40.5. The number of carboxylic acid groups (broad SMARTS) is 1. The molecule has 0 spiro atoms. The van der Waals surface area contributed by atoms with Crippen LogP contribution >= 0.6 is 11.3 Å². The molecule has 3 fully saturated rings. The Morgan fingerprint density at radius 3 is 2.38 bits per heavy atom. The van der Waals surface area contributed by atoms with Gasteiger partial charge in [0.25, 0.3) is 11.8 Å². The molecule has 2 amide bonds. The number of nitrogens with zero attached hydrogens (tertiary/aromatic N) is 3. The predicted octanol–water partition coefficient (Wildman–Crippen LogP) is 8.01. The van der Waals surface area contributed by atoms with Gasteiger partial charge < -0.3 is 29.5 Å². The van der Waals surface area contributed by atoms with E-state index >= 15 is 4.79 Å². The number of piperidine rings is 2. The fourth-order valence-corrected chi connectivity index (χ4v) is 9.13. The highest BCUT2D eigenvalue weighted by atomic mass is 32.1. The SMILES string of the molecule is CCC[C@H]1N(C(=O)c2ncccc2C(F)(F)F)CCC[C@@]1(Oc1csc(C)c1)C(=O)N1CCC(O)(c2ccccc2O[C@H](C)CCC2(C(=O)O)CCC2)CC1. The summed E-state index contributed by atoms with van der Waals surface area (Å²) in [7, 11) is 0. The largest absolute Gasteiger partial charge is 0.490 e. The molecule has 1 aliphatic carbocycles. The molecule has 0 bridgehead atoms. The van der Waals surface area contributed by atoms with Crippen molar-refractivity contribution < 1.29 is 47.2 Å². The fraction of sp³-hybridized carbons (Fsp3) is 0.561. The van der Waals surface area contributed by atoms with Crippen molar-refractivity contribution in [2.24, 2.45) is 5.41 Å². The van der Waals surface area contributed by atoms with Crippen LogP contribution in [0.4, 0.5) is 13.2 Å². The molecule has 3 aliphatic rings. The third kappa shape index (κ3) is 8.21. The molecule has 10 nitrogen and oxygen atoms in total. The van der Waals surface area contributed by atoms with Crippen molar-refractivity contribution in [3.05, 3.63) is 75.7 Å². The number of benzene rings is 1. The molecule has 1 saturated carbocycles. The predicted molar refractivity (Wildman–Crippen MR) is 200 cm³/mol. The van der Waals surface area contributed by atoms with Crippen molar-refractivity contribution in [3.8, 4) is 11.5 Å². The minimum atomic E-state index is -4.81. The average molecular weight is 786 g/mol. The van der Waals surface area contributed by atoms with Crippen LogP contribution in [0.1, 0.15) is 111 Å². The normalized spacial score (nSPS) is 22.7. The summed E-state index contributed by atoms with van der Waals surface area (Å²) in [6.07, 6.45) is 1.05. The zero-order valence-corrected chi connectivity index (χ0v) is 32.4. The van der Waals surface area contributed by atoms with Crippen LogP contribution in [0, 0.1) is 12.3 Å². The number of hydrogen-bond donors (Lipinski definition) is 2. The number of amides is 2. The lowest BCUT2D eigenvalue weighted by atomic mass is 9.66. The number of halogens is 3. The van der Waals surface area contributed by atoms with E-state index in [1.807, 2.05) is 45.0 Å². The highest BCUT2D eigenvalue weighted by Gasteiger charge is 2.56. The number of para-hydroxylation sites is 1. The maximum atomic E-state index is 15.0. The number of carbonyl (C=O) groups is 3. The zero-order chi connectivity index (χ0) is 39.6. The Bertz CT molecular complexity index is 1860. The number of carbonyl (C=O) groups excluding carboxylic acids is 2. The monoisotopic (exact) mass is 785 g/mol. The summed E-state index contributed by atoms with van der Waals surface area (Å²) in [5.74, 6) is -1.11. The minimum Gasteiger partial charge on any atom is -0.490 e. The third-order valence-electron chi connectivity index (χ3n) is 11.8. The molecule has 55 heavy (non-hydrogen) atoms. The quantitative estimate of drug-likeness (QED) is 0.178. The lowest BCUT2D eigenvalue weighted by Crippen LogP contribution is -2.68. The summed E-state index contributed by atoms with van der Waals surface area (Å²) in [6, 6.07) is 10.1. The molecule has 14 heteroatoms. The Hall–Kier alpha value is -4.17. The third-order valence-corrected chi connectivity index (χ3v) is 12.6. The second-order valence-corrected chi connectivity index (χ2v) is 16.5. The van der Waals surface area contributed by atoms with E-state index in [2.05, 4.69) is 4.98 Å². The summed E-state index contributed by atoms with van der Waals surface area (Å²) < 4.78 is 55.3. The molecule has 2 N–H and O–H groups in total. The lowest BCUT2D eigenvalue weighted by Gasteiger charge is -2.51. The Kier molecular flexibility index (Phi) is 11.9. The van der Waals surface area contributed by atoms with Crippen molar-refractivity contribution in [1.29, 1.82) is 0 Å². The topological polar surface area (TPSA) is 130 Å². The number of ether oxygens (including phenoxy) is 2. The van der Waals surface area contributed by atoms with Crippen molar-refractivity contribution in [3.63, 3.8) is 0 Å². The number of aliphatic hydroxyl groups is 1. The first-order chi connectivity index (χ1) is 26.1. The van der Waals surface area contributed by atoms with E-state index < -0.39 is 52.0 Å². The van der Waals surface area contributed by atoms with Crippen LogP contribution in [0.25, 0.3) is 0 Å². The van der Waals surface area contributed by atoms with Crippen LogP contribution in [0.5, 0.6) is 11.5 Å². The molecule has 4 heterocycles. The molecule has 2 aromatic heterocycles. The number of aliphatic carboxylic acids is 1. The van der Waals surface area contributed by atoms with E-state index in [-0.39, 0.29) is 50.9 Å². The number of carboxylic acids is 1. The van der Waals surface area contributed by atoms with Crippen molar-refractivity contribution in [2.45, 2.75) is 121 Å². The molecule has 2 saturated heterocycles. The molecular weight excluding hydrogens is 736 g/mol. The van der Waals surface area contributed by atoms with Crippen LogP contribution in [0.3, 0.4) is 0 Å². The van der Waals surface area contributed by atoms with Gasteiger partial charge in [-0.25, -0.2) is 0 Å². The molecule has 1 aromatic carbocycles. The highest BCUT2D eigenvalue weighted by Crippen LogP contribution is 2.46. The Morgan fingerprint density at radius 2 is 1.76 bits per heavy atom. The van der Waals surface area contributed by atoms with Gasteiger partial charge in [-0.3, -0.25) is 19.4 Å². The molecule has 0 unspecified atom stereocenters. The van der Waals surface area contributed by atoms with Crippen LogP contribution in [-0.4, -0.2) is 80.2 Å². The molecule has 298 valence electrons. The van der Waals surface area contributed by atoms with Gasteiger partial charge in [-0.05, 0) is 89.5 Å². The van der Waals surface area contributed by atoms with Gasteiger partial charge in [-0.2, -0.15) is 13.2 Å². The number of thiophene rings is 1. The summed E-state index contributed by atoms with van der Waals surface area (Å²) in [5, 5.41) is 23.7. The van der Waals surface area contributed by atoms with Crippen molar-refractivity contribution >= 4 is 29.1 Å². The molecule has 3 atom stereocenters. The first-order valence-corrected chi connectivity index (χ1v) is 20.1. The Balaban J connectivity index is 1.24. The van der Waals surface area contributed by atoms with E-state index in [4.69, 9.17) is 9.47 Å². The molecule has 3 aromatic rings. The molecule has 2 aliphatic heterocycles. The number of rotatable bonds is 13. The number of aryl methyl sites for hydroxylation is 1. The number of pyridine rings is 1. The molecular formula is C41H50F3N3O7S. The van der Waals surface area contributed by atoms with Crippen LogP contribution < -0.4 is 9.47 Å². The maximum absolute atomic E-state index is 15.0. The van der Waals surface area contributed by atoms with Gasteiger partial charge in [0.05, 0.1) is 28.7 Å². The first-order valence-electron chi connectivity index (χ1n) is 19.2. The summed E-state index contributed by atoms with van der Waals surface area (Å²) >= 11 is 1.44. The van der Waals surface area contributed by atoms with Gasteiger partial charge in [0.1, 0.15) is 17.2 Å². The van der Waals surface area contributed by atoms with Gasteiger partial charge in [0.15, 0.2) is 0 Å². The zero-order valence-electron chi connectivity index (χ0n) is 31.6. The number of hydrogen-bond acceptors (Lipinski definition) is 8. The fourth-order valence-electron chi connectivity index (χ4n) is 8.53. The Labute approximate surface area is 323 Å². The van der Waals surface area contributed by atoms with E-state index in [1.165, 1.54) is 16.2 Å². The molecule has 6 rings (SSSR count). The number of likely N-dealkylation sites (tertiary alicyclic amines) is 2. The van der Waals surface area contributed by atoms with E-state index in [0.29, 0.717) is 62.0 Å². The van der Waals surface area contributed by atoms with Gasteiger partial charge in [0, 0.05) is 48.1 Å². The molecule has 0 radical (unpaired) electrons. The smallest absolute Gasteiger partial charge is 0.418 e. The Morgan fingerprint density at radius 1 is 1.04 bits per heavy atom. The van der Waals surface area contributed by atoms with Gasteiger partial charge >= 0.3 is 12.1 Å². The van der Waals surface area contributed by atoms with Crippen LogP contribution in [0.2, 0.25) is 0 Å². The highest BCUT2D eigenvalue weighted by molar-refractivity contribution is 7.10. The standard InChI is InChI=1S/C41H50F3N3O7S/c1-4-10-33-40(54-29-25-28(3)55-26-29,17-9-22-47(33)35(48)34-31(41(42,43)44)12-7-21-45-34)36(49)46-23-19-39(52,20-24-46)30-11-5-6-13-32(30)53-27(2)14-18-38(37(50)51)15-8-16-38/h5-7,11-13,21,25-27,33,52H,4,8-10,14-20,22-24H2,1-3H3,(H,50,51)/t27-,33-,40+/m1/s1. The van der Waals surface area contributed by atoms with Crippen molar-refractivity contribution in [2.75, 3.05) is 19.6 Å². The summed E-state index contributed by atoms with van der Waals surface area (Å²) in [5.41, 5.74) is -4.91. The van der Waals surface area contributed by atoms with Gasteiger partial charge in [-0.15, -0.1) is 11.3 Å². The van der Waals surface area contributed by atoms with E-state index in [0.717, 1.165) is 29.6 Å². The van der Waals surface area contributed by atoms with Gasteiger partial charge in [-0.1, -0.05) is 38.0 Å². The average Bonchev–Trinajstić information content (AvgIpc) is 3.55. The van der Waals surface area contributed by atoms with Crippen LogP contribution in [-0.2, 0) is 21.4 Å². The number of alkyl halides is 3. The number of aromatic nitrogens is 1. The van der Waals surface area contributed by atoms with E-state index in [9.17, 15) is 33.0 Å². The van der Waals surface area contributed by atoms with Crippen LogP contribution in [0.15, 0.2) is 54.0 Å². The lowest BCUT2D eigenvalue weighted by molar-refractivity contribution is -0.163. The second kappa shape index (κ2) is 16.1. The summed E-state index contributed by atoms with van der Waals surface area (Å²) in [4.78, 5) is 48.8.